The topological polar surface area (TPSA) is 26.3 Å². The van der Waals surface area contributed by atoms with Crippen LogP contribution in [0, 0.1) is 0 Å². The Morgan fingerprint density at radius 1 is 1.33 bits per heavy atom. The number of ether oxygens (including phenoxy) is 1. The van der Waals surface area contributed by atoms with E-state index in [1.54, 1.807) is 13.2 Å². The molecule has 0 fully saturated rings. The second kappa shape index (κ2) is 2.88. The maximum atomic E-state index is 11.2. The zero-order valence-electron chi connectivity index (χ0n) is 6.37. The molecule has 0 aliphatic rings. The number of hydrogen-bond donors (Lipinski definition) is 0. The average molecular weight is 198 g/mol. The van der Waals surface area contributed by atoms with Crippen molar-refractivity contribution < 1.29 is 4.74 Å². The van der Waals surface area contributed by atoms with E-state index in [0.717, 1.165) is 15.8 Å². The molecule has 0 radical (unpaired) electrons. The maximum absolute atomic E-state index is 11.2. The second-order valence-corrected chi connectivity index (χ2v) is 4.46. The van der Waals surface area contributed by atoms with Crippen molar-refractivity contribution in [3.8, 4) is 5.75 Å². The van der Waals surface area contributed by atoms with Crippen LogP contribution in [0.3, 0.4) is 0 Å². The molecule has 0 N–H and O–H groups in total. The fraction of sp³-hybridized carbons (Fsp3) is 0.125. The molecule has 1 aromatic heterocycles. The molecule has 0 unspecified atom stereocenters. The van der Waals surface area contributed by atoms with Crippen molar-refractivity contribution in [1.82, 2.24) is 0 Å². The lowest BCUT2D eigenvalue weighted by Crippen LogP contribution is -1.88. The Labute approximate surface area is 76.4 Å². The molecular formula is C8H6O2S2. The van der Waals surface area contributed by atoms with Gasteiger partial charge in [0.1, 0.15) is 5.75 Å². The molecule has 0 atom stereocenters. The smallest absolute Gasteiger partial charge is 0.250 e. The fourth-order valence-electron chi connectivity index (χ4n) is 0.996. The predicted octanol–water partition coefficient (Wildman–Crippen LogP) is 2.33. The van der Waals surface area contributed by atoms with Gasteiger partial charge in [0.2, 0.25) is 0 Å². The highest BCUT2D eigenvalue weighted by atomic mass is 32.9. The van der Waals surface area contributed by atoms with Gasteiger partial charge in [-0.1, -0.05) is 10.3 Å². The van der Waals surface area contributed by atoms with E-state index in [4.69, 9.17) is 4.74 Å². The quantitative estimate of drug-likeness (QED) is 0.657. The lowest BCUT2D eigenvalue weighted by Gasteiger charge is -1.96. The lowest BCUT2D eigenvalue weighted by molar-refractivity contribution is 0.415. The predicted molar refractivity (Wildman–Crippen MR) is 52.5 cm³/mol. The molecule has 62 valence electrons. The van der Waals surface area contributed by atoms with E-state index in [1.165, 1.54) is 20.7 Å². The highest BCUT2D eigenvalue weighted by molar-refractivity contribution is 7.71. The monoisotopic (exact) mass is 198 g/mol. The van der Waals surface area contributed by atoms with E-state index in [9.17, 15) is 4.79 Å². The minimum absolute atomic E-state index is 0.119. The zero-order valence-corrected chi connectivity index (χ0v) is 8.00. The SMILES string of the molecule is COc1ccc2ssc(=O)c2c1. The Kier molecular flexibility index (Phi) is 1.86. The van der Waals surface area contributed by atoms with Gasteiger partial charge in [-0.15, -0.1) is 0 Å². The van der Waals surface area contributed by atoms with Crippen molar-refractivity contribution in [1.29, 1.82) is 0 Å². The second-order valence-electron chi connectivity index (χ2n) is 2.32. The minimum Gasteiger partial charge on any atom is -0.497 e. The van der Waals surface area contributed by atoms with E-state index in [1.807, 2.05) is 12.1 Å². The molecule has 0 bridgehead atoms. The molecule has 1 aromatic carbocycles. The first-order valence-electron chi connectivity index (χ1n) is 3.38. The van der Waals surface area contributed by atoms with Crippen LogP contribution in [0.5, 0.6) is 5.75 Å². The Balaban J connectivity index is 2.80. The van der Waals surface area contributed by atoms with Crippen LogP contribution in [0.4, 0.5) is 0 Å². The van der Waals surface area contributed by atoms with Gasteiger partial charge in [0.15, 0.2) is 0 Å². The number of methoxy groups -OCH3 is 1. The number of rotatable bonds is 1. The minimum atomic E-state index is 0.119. The first-order chi connectivity index (χ1) is 5.81. The number of fused-ring (bicyclic) bond motifs is 1. The zero-order chi connectivity index (χ0) is 8.55. The lowest BCUT2D eigenvalue weighted by atomic mass is 10.3. The Bertz CT molecular complexity index is 455. The Morgan fingerprint density at radius 3 is 2.92 bits per heavy atom. The summed E-state index contributed by atoms with van der Waals surface area (Å²) in [5.41, 5.74) is 0. The van der Waals surface area contributed by atoms with E-state index in [-0.39, 0.29) is 4.74 Å². The summed E-state index contributed by atoms with van der Waals surface area (Å²) < 4.78 is 6.17. The van der Waals surface area contributed by atoms with E-state index in [0.29, 0.717) is 0 Å². The van der Waals surface area contributed by atoms with Crippen molar-refractivity contribution in [3.63, 3.8) is 0 Å². The first kappa shape index (κ1) is 7.76. The summed E-state index contributed by atoms with van der Waals surface area (Å²) in [6.07, 6.45) is 0. The van der Waals surface area contributed by atoms with Crippen molar-refractivity contribution in [2.45, 2.75) is 0 Å². The van der Waals surface area contributed by atoms with E-state index in [2.05, 4.69) is 0 Å². The van der Waals surface area contributed by atoms with E-state index < -0.39 is 0 Å². The van der Waals surface area contributed by atoms with Gasteiger partial charge in [-0.2, -0.15) is 0 Å². The summed E-state index contributed by atoms with van der Waals surface area (Å²) in [7, 11) is 4.37. The van der Waals surface area contributed by atoms with Crippen LogP contribution in [0.2, 0.25) is 0 Å². The van der Waals surface area contributed by atoms with Crippen LogP contribution in [-0.4, -0.2) is 7.11 Å². The molecule has 4 heteroatoms. The molecule has 1 heterocycles. The summed E-state index contributed by atoms with van der Waals surface area (Å²) in [5, 5.41) is 0.768. The molecule has 0 aliphatic heterocycles. The summed E-state index contributed by atoms with van der Waals surface area (Å²) in [4.78, 5) is 11.2. The van der Waals surface area contributed by atoms with Gasteiger partial charge in [-0.05, 0) is 28.5 Å². The summed E-state index contributed by atoms with van der Waals surface area (Å²) >= 11 is 0. The van der Waals surface area contributed by atoms with Crippen molar-refractivity contribution in [2.24, 2.45) is 0 Å². The molecule has 0 saturated carbocycles. The van der Waals surface area contributed by atoms with Gasteiger partial charge in [-0.25, -0.2) is 0 Å². The highest BCUT2D eigenvalue weighted by Gasteiger charge is 2.02. The third-order valence-corrected chi connectivity index (χ3v) is 3.85. The molecule has 0 amide bonds. The Morgan fingerprint density at radius 2 is 2.17 bits per heavy atom. The standard InChI is InChI=1S/C8H6O2S2/c1-10-5-2-3-7-6(4-5)8(9)12-11-7/h2-4H,1H3. The van der Waals surface area contributed by atoms with Gasteiger partial charge in [0.05, 0.1) is 17.2 Å². The molecule has 2 nitrogen and oxygen atoms in total. The largest absolute Gasteiger partial charge is 0.497 e. The highest BCUT2D eigenvalue weighted by Crippen LogP contribution is 2.24. The third kappa shape index (κ3) is 1.13. The van der Waals surface area contributed by atoms with Crippen molar-refractivity contribution in [2.75, 3.05) is 7.11 Å². The summed E-state index contributed by atoms with van der Waals surface area (Å²) in [5.74, 6) is 0.741. The van der Waals surface area contributed by atoms with Crippen LogP contribution >= 0.6 is 20.7 Å². The average Bonchev–Trinajstić information content (AvgIpc) is 2.47. The molecule has 0 aliphatic carbocycles. The number of hydrogen-bond acceptors (Lipinski definition) is 4. The molecule has 0 spiro atoms. The normalized spacial score (nSPS) is 10.4. The van der Waals surface area contributed by atoms with Gasteiger partial charge in [0.25, 0.3) is 4.74 Å². The van der Waals surface area contributed by atoms with Gasteiger partial charge < -0.3 is 4.74 Å². The van der Waals surface area contributed by atoms with E-state index >= 15 is 0 Å². The van der Waals surface area contributed by atoms with Crippen LogP contribution in [-0.2, 0) is 0 Å². The Hall–Kier alpha value is -0.870. The summed E-state index contributed by atoms with van der Waals surface area (Å²) in [6, 6.07) is 5.56. The molecule has 12 heavy (non-hydrogen) atoms. The van der Waals surface area contributed by atoms with Gasteiger partial charge in [-0.3, -0.25) is 4.79 Å². The van der Waals surface area contributed by atoms with Gasteiger partial charge in [0, 0.05) is 0 Å². The van der Waals surface area contributed by atoms with Crippen LogP contribution in [0.15, 0.2) is 23.0 Å². The third-order valence-electron chi connectivity index (χ3n) is 1.61. The van der Waals surface area contributed by atoms with Crippen molar-refractivity contribution >= 4 is 30.8 Å². The van der Waals surface area contributed by atoms with Gasteiger partial charge >= 0.3 is 0 Å². The van der Waals surface area contributed by atoms with Crippen LogP contribution < -0.4 is 9.48 Å². The molecule has 2 aromatic rings. The fourth-order valence-corrected chi connectivity index (χ4v) is 3.05. The van der Waals surface area contributed by atoms with Crippen molar-refractivity contribution in [3.05, 3.63) is 27.7 Å². The maximum Gasteiger partial charge on any atom is 0.250 e. The molecule has 0 saturated heterocycles. The summed E-state index contributed by atoms with van der Waals surface area (Å²) in [6.45, 7) is 0. The molecule has 2 rings (SSSR count). The van der Waals surface area contributed by atoms with Crippen LogP contribution in [0.1, 0.15) is 0 Å². The van der Waals surface area contributed by atoms with Crippen LogP contribution in [0.25, 0.3) is 10.1 Å². The molecular weight excluding hydrogens is 192 g/mol. The number of benzene rings is 1. The first-order valence-corrected chi connectivity index (χ1v) is 5.53.